The van der Waals surface area contributed by atoms with Crippen LogP contribution in [0.25, 0.3) is 0 Å². The van der Waals surface area contributed by atoms with E-state index in [4.69, 9.17) is 31.4 Å². The van der Waals surface area contributed by atoms with E-state index in [-0.39, 0.29) is 28.5 Å². The topological polar surface area (TPSA) is 143 Å². The fourth-order valence-corrected chi connectivity index (χ4v) is 3.00. The summed E-state index contributed by atoms with van der Waals surface area (Å²) in [6.07, 6.45) is 0. The average molecular weight is 443 g/mol. The largest absolute Gasteiger partial charge is 0.478 e. The molecule has 33 heavy (non-hydrogen) atoms. The Morgan fingerprint density at radius 3 is 1.67 bits per heavy atom. The van der Waals surface area contributed by atoms with Crippen molar-refractivity contribution in [2.24, 2.45) is 0 Å². The number of rotatable bonds is 7. The summed E-state index contributed by atoms with van der Waals surface area (Å²) in [7, 11) is 0. The number of benzene rings is 4. The molecular formula is C25H21N3O5. The molecule has 166 valence electrons. The zero-order valence-corrected chi connectivity index (χ0v) is 17.4. The fourth-order valence-electron chi connectivity index (χ4n) is 3.00. The van der Waals surface area contributed by atoms with Crippen LogP contribution in [-0.2, 0) is 0 Å². The maximum absolute atomic E-state index is 12.2. The van der Waals surface area contributed by atoms with Gasteiger partial charge in [0.15, 0.2) is 17.2 Å². The van der Waals surface area contributed by atoms with E-state index in [1.807, 2.05) is 6.07 Å². The molecule has 4 aromatic carbocycles. The first kappa shape index (κ1) is 21.4. The molecule has 4 aromatic rings. The molecule has 0 aliphatic heterocycles. The highest BCUT2D eigenvalue weighted by Gasteiger charge is 2.26. The molecule has 0 amide bonds. The Morgan fingerprint density at radius 1 is 0.636 bits per heavy atom. The number of anilines is 3. The van der Waals surface area contributed by atoms with Gasteiger partial charge in [-0.05, 0) is 60.7 Å². The molecule has 0 heterocycles. The smallest absolute Gasteiger partial charge is 0.339 e. The Kier molecular flexibility index (Phi) is 5.90. The third-order valence-electron chi connectivity index (χ3n) is 4.64. The highest BCUT2D eigenvalue weighted by atomic mass is 16.5. The van der Waals surface area contributed by atoms with Gasteiger partial charge in [-0.25, -0.2) is 4.79 Å². The molecule has 0 unspecified atom stereocenters. The van der Waals surface area contributed by atoms with Crippen LogP contribution < -0.4 is 31.4 Å². The van der Waals surface area contributed by atoms with Crippen molar-refractivity contribution < 1.29 is 24.1 Å². The van der Waals surface area contributed by atoms with Crippen LogP contribution in [0.1, 0.15) is 10.4 Å². The number of carboxylic acids is 1. The lowest BCUT2D eigenvalue weighted by Crippen LogP contribution is -2.06. The van der Waals surface area contributed by atoms with Gasteiger partial charge in [0.2, 0.25) is 0 Å². The molecule has 0 saturated heterocycles. The second-order valence-electron chi connectivity index (χ2n) is 7.06. The lowest BCUT2D eigenvalue weighted by Gasteiger charge is -2.19. The van der Waals surface area contributed by atoms with E-state index in [1.165, 1.54) is 6.07 Å². The van der Waals surface area contributed by atoms with Crippen molar-refractivity contribution in [3.8, 4) is 34.5 Å². The number of hydrogen-bond donors (Lipinski definition) is 4. The third-order valence-corrected chi connectivity index (χ3v) is 4.64. The van der Waals surface area contributed by atoms with Gasteiger partial charge in [0.25, 0.3) is 0 Å². The van der Waals surface area contributed by atoms with E-state index in [0.29, 0.717) is 28.6 Å². The maximum atomic E-state index is 12.2. The van der Waals surface area contributed by atoms with Crippen LogP contribution in [0.4, 0.5) is 17.1 Å². The van der Waals surface area contributed by atoms with Crippen LogP contribution in [0.5, 0.6) is 34.5 Å². The quantitative estimate of drug-likeness (QED) is 0.274. The van der Waals surface area contributed by atoms with Crippen LogP contribution in [0.3, 0.4) is 0 Å². The SMILES string of the molecule is Nc1ccc(Oc2cc(C(=O)O)c(Oc3ccccc3)c(Oc3ccc(N)cc3)c2N)cc1. The molecule has 0 spiro atoms. The van der Waals surface area contributed by atoms with Crippen LogP contribution in [0.15, 0.2) is 84.9 Å². The molecule has 8 nitrogen and oxygen atoms in total. The number of nitrogens with two attached hydrogens (primary N) is 3. The first-order valence-electron chi connectivity index (χ1n) is 9.90. The molecule has 8 heteroatoms. The standard InChI is InChI=1S/C25H21N3O5/c26-15-6-10-18(11-7-15)31-21-14-20(25(29)30)23(32-17-4-2-1-3-5-17)24(22(21)28)33-19-12-8-16(27)9-13-19/h1-14H,26-28H2,(H,29,30). The van der Waals surface area contributed by atoms with Gasteiger partial charge in [-0.3, -0.25) is 0 Å². The van der Waals surface area contributed by atoms with Crippen LogP contribution in [0, 0.1) is 0 Å². The fraction of sp³-hybridized carbons (Fsp3) is 0. The monoisotopic (exact) mass is 443 g/mol. The summed E-state index contributed by atoms with van der Waals surface area (Å²) in [6.45, 7) is 0. The molecule has 7 N–H and O–H groups in total. The average Bonchev–Trinajstić information content (AvgIpc) is 2.81. The predicted molar refractivity (Wildman–Crippen MR) is 126 cm³/mol. The van der Waals surface area contributed by atoms with Crippen molar-refractivity contribution in [1.29, 1.82) is 0 Å². The predicted octanol–water partition coefficient (Wildman–Crippen LogP) is 5.51. The maximum Gasteiger partial charge on any atom is 0.339 e. The van der Waals surface area contributed by atoms with E-state index in [1.54, 1.807) is 72.8 Å². The number of aromatic carboxylic acids is 1. The van der Waals surface area contributed by atoms with Gasteiger partial charge in [0.1, 0.15) is 28.5 Å². The van der Waals surface area contributed by atoms with Gasteiger partial charge in [-0.2, -0.15) is 0 Å². The van der Waals surface area contributed by atoms with Crippen molar-refractivity contribution in [2.75, 3.05) is 17.2 Å². The van der Waals surface area contributed by atoms with Gasteiger partial charge in [-0.15, -0.1) is 0 Å². The van der Waals surface area contributed by atoms with E-state index in [2.05, 4.69) is 0 Å². The number of ether oxygens (including phenoxy) is 3. The van der Waals surface area contributed by atoms with E-state index in [9.17, 15) is 9.90 Å². The van der Waals surface area contributed by atoms with Crippen LogP contribution in [-0.4, -0.2) is 11.1 Å². The van der Waals surface area contributed by atoms with Crippen molar-refractivity contribution in [1.82, 2.24) is 0 Å². The molecule has 0 fully saturated rings. The van der Waals surface area contributed by atoms with Crippen molar-refractivity contribution in [3.63, 3.8) is 0 Å². The minimum Gasteiger partial charge on any atom is -0.478 e. The Bertz CT molecular complexity index is 1270. The third kappa shape index (κ3) is 4.91. The van der Waals surface area contributed by atoms with Gasteiger partial charge in [-0.1, -0.05) is 18.2 Å². The molecule has 0 bridgehead atoms. The Hall–Kier alpha value is -4.85. The zero-order valence-electron chi connectivity index (χ0n) is 17.4. The molecule has 0 aliphatic carbocycles. The minimum atomic E-state index is -1.25. The molecule has 0 aromatic heterocycles. The molecular weight excluding hydrogens is 422 g/mol. The summed E-state index contributed by atoms with van der Waals surface area (Å²) < 4.78 is 17.8. The van der Waals surface area contributed by atoms with E-state index < -0.39 is 5.97 Å². The summed E-state index contributed by atoms with van der Waals surface area (Å²) in [4.78, 5) is 12.2. The lowest BCUT2D eigenvalue weighted by atomic mass is 10.1. The Balaban J connectivity index is 1.85. The number of para-hydroxylation sites is 1. The summed E-state index contributed by atoms with van der Waals surface area (Å²) in [5.41, 5.74) is 18.8. The minimum absolute atomic E-state index is 0.00558. The normalized spacial score (nSPS) is 10.4. The van der Waals surface area contributed by atoms with Crippen molar-refractivity contribution in [2.45, 2.75) is 0 Å². The van der Waals surface area contributed by atoms with Gasteiger partial charge >= 0.3 is 5.97 Å². The summed E-state index contributed by atoms with van der Waals surface area (Å²) >= 11 is 0. The number of hydrogen-bond acceptors (Lipinski definition) is 7. The highest BCUT2D eigenvalue weighted by Crippen LogP contribution is 2.48. The molecule has 0 saturated carbocycles. The summed E-state index contributed by atoms with van der Waals surface area (Å²) in [6, 6.07) is 23.2. The number of carbonyl (C=O) groups is 1. The van der Waals surface area contributed by atoms with E-state index in [0.717, 1.165) is 0 Å². The van der Waals surface area contributed by atoms with Crippen molar-refractivity contribution in [3.05, 3.63) is 90.5 Å². The van der Waals surface area contributed by atoms with E-state index >= 15 is 0 Å². The Labute approximate surface area is 189 Å². The molecule has 0 radical (unpaired) electrons. The number of carboxylic acid groups (broad SMARTS) is 1. The second kappa shape index (κ2) is 9.11. The van der Waals surface area contributed by atoms with Gasteiger partial charge in [0, 0.05) is 17.4 Å². The zero-order chi connectivity index (χ0) is 23.4. The van der Waals surface area contributed by atoms with Crippen LogP contribution >= 0.6 is 0 Å². The Morgan fingerprint density at radius 2 is 1.12 bits per heavy atom. The number of nitrogen functional groups attached to an aromatic ring is 3. The van der Waals surface area contributed by atoms with Crippen LogP contribution in [0.2, 0.25) is 0 Å². The summed E-state index contributed by atoms with van der Waals surface area (Å²) in [5, 5.41) is 9.92. The first-order valence-corrected chi connectivity index (χ1v) is 9.90. The first-order chi connectivity index (χ1) is 15.9. The molecule has 4 rings (SSSR count). The van der Waals surface area contributed by atoms with Crippen molar-refractivity contribution >= 4 is 23.0 Å². The van der Waals surface area contributed by atoms with Gasteiger partial charge < -0.3 is 36.5 Å². The molecule has 0 aliphatic rings. The lowest BCUT2D eigenvalue weighted by molar-refractivity contribution is 0.0693. The second-order valence-corrected chi connectivity index (χ2v) is 7.06. The van der Waals surface area contributed by atoms with Gasteiger partial charge in [0.05, 0.1) is 0 Å². The highest BCUT2D eigenvalue weighted by molar-refractivity contribution is 5.95. The molecule has 0 atom stereocenters. The summed E-state index contributed by atoms with van der Waals surface area (Å²) in [5.74, 6) is -0.0131.